The molecule has 0 aliphatic rings. The van der Waals surface area contributed by atoms with Gasteiger partial charge in [-0.05, 0) is 44.2 Å². The van der Waals surface area contributed by atoms with Gasteiger partial charge in [0.1, 0.15) is 5.75 Å². The van der Waals surface area contributed by atoms with E-state index in [-0.39, 0.29) is 5.69 Å². The van der Waals surface area contributed by atoms with Crippen LogP contribution in [-0.4, -0.2) is 28.7 Å². The highest BCUT2D eigenvalue weighted by Crippen LogP contribution is 2.24. The summed E-state index contributed by atoms with van der Waals surface area (Å²) in [5.41, 5.74) is 6.06. The fourth-order valence-corrected chi connectivity index (χ4v) is 3.50. The number of halogens is 1. The number of hydrogen-bond donors (Lipinski definition) is 1. The van der Waals surface area contributed by atoms with Crippen molar-refractivity contribution < 1.29 is 14.5 Å². The van der Waals surface area contributed by atoms with E-state index in [0.717, 1.165) is 21.4 Å². The molecule has 1 N–H and O–H groups in total. The zero-order chi connectivity index (χ0) is 21.8. The Kier molecular flexibility index (Phi) is 6.31. The number of hydrogen-bond acceptors (Lipinski definition) is 5. The molecule has 1 heterocycles. The van der Waals surface area contributed by atoms with Gasteiger partial charge < -0.3 is 9.30 Å². The molecule has 154 valence electrons. The highest BCUT2D eigenvalue weighted by Gasteiger charge is 2.14. The van der Waals surface area contributed by atoms with Crippen LogP contribution >= 0.6 is 15.9 Å². The van der Waals surface area contributed by atoms with Crippen LogP contribution in [0.2, 0.25) is 0 Å². The topological polar surface area (TPSA) is 98.8 Å². The molecule has 0 saturated heterocycles. The van der Waals surface area contributed by atoms with Gasteiger partial charge in [-0.15, -0.1) is 0 Å². The van der Waals surface area contributed by atoms with Gasteiger partial charge in [0.25, 0.3) is 11.6 Å². The van der Waals surface area contributed by atoms with Gasteiger partial charge in [0.15, 0.2) is 0 Å². The minimum Gasteiger partial charge on any atom is -0.496 e. The first-order chi connectivity index (χ1) is 14.3. The number of aromatic nitrogens is 1. The molecule has 30 heavy (non-hydrogen) atoms. The van der Waals surface area contributed by atoms with Crippen LogP contribution in [0.3, 0.4) is 0 Å². The molecule has 0 atom stereocenters. The van der Waals surface area contributed by atoms with E-state index in [1.807, 2.05) is 24.5 Å². The Bertz CT molecular complexity index is 1150. The minimum atomic E-state index is -0.425. The fourth-order valence-electron chi connectivity index (χ4n) is 3.14. The summed E-state index contributed by atoms with van der Waals surface area (Å²) in [4.78, 5) is 23.1. The van der Waals surface area contributed by atoms with Gasteiger partial charge in [0.2, 0.25) is 0 Å². The molecule has 0 fully saturated rings. The number of ether oxygens (including phenoxy) is 1. The number of rotatable bonds is 6. The second-order valence-corrected chi connectivity index (χ2v) is 7.40. The maximum Gasteiger partial charge on any atom is 0.275 e. The summed E-state index contributed by atoms with van der Waals surface area (Å²) in [5, 5.41) is 15.1. The van der Waals surface area contributed by atoms with Crippen molar-refractivity contribution in [1.29, 1.82) is 0 Å². The first kappa shape index (κ1) is 21.3. The van der Waals surface area contributed by atoms with Crippen molar-refractivity contribution in [1.82, 2.24) is 9.99 Å². The standard InChI is InChI=1S/C21H19BrN4O4/c1-13-9-15(14(2)25(13)17-5-4-6-18(11-17)26(28)29)12-23-24-21(27)19-10-16(22)7-8-20(19)30-3/h4-12H,1-3H3,(H,24,27)/b23-12-. The summed E-state index contributed by atoms with van der Waals surface area (Å²) in [6.07, 6.45) is 1.54. The van der Waals surface area contributed by atoms with Crippen molar-refractivity contribution in [3.8, 4) is 11.4 Å². The number of nitro groups is 1. The largest absolute Gasteiger partial charge is 0.496 e. The van der Waals surface area contributed by atoms with Crippen LogP contribution in [0.4, 0.5) is 5.69 Å². The van der Waals surface area contributed by atoms with Crippen LogP contribution in [0.5, 0.6) is 5.75 Å². The SMILES string of the molecule is COc1ccc(Br)cc1C(=O)N/N=C\c1cc(C)n(-c2cccc([N+](=O)[O-])c2)c1C. The lowest BCUT2D eigenvalue weighted by Gasteiger charge is -2.09. The summed E-state index contributed by atoms with van der Waals surface area (Å²) in [6.45, 7) is 3.78. The molecule has 0 radical (unpaired) electrons. The molecule has 0 aliphatic carbocycles. The molecule has 8 nitrogen and oxygen atoms in total. The second kappa shape index (κ2) is 8.91. The number of aryl methyl sites for hydroxylation is 1. The number of carbonyl (C=O) groups excluding carboxylic acids is 1. The number of benzene rings is 2. The van der Waals surface area contributed by atoms with Crippen LogP contribution in [0, 0.1) is 24.0 Å². The summed E-state index contributed by atoms with van der Waals surface area (Å²) < 4.78 is 7.86. The number of amides is 1. The van der Waals surface area contributed by atoms with Gasteiger partial charge in [0, 0.05) is 33.6 Å². The molecular formula is C21H19BrN4O4. The van der Waals surface area contributed by atoms with Crippen molar-refractivity contribution in [3.63, 3.8) is 0 Å². The summed E-state index contributed by atoms with van der Waals surface area (Å²) in [5.74, 6) is 0.0339. The van der Waals surface area contributed by atoms with Gasteiger partial charge in [-0.1, -0.05) is 22.0 Å². The summed E-state index contributed by atoms with van der Waals surface area (Å²) >= 11 is 3.34. The van der Waals surface area contributed by atoms with Gasteiger partial charge in [-0.3, -0.25) is 14.9 Å². The molecular weight excluding hydrogens is 452 g/mol. The van der Waals surface area contributed by atoms with E-state index < -0.39 is 10.8 Å². The number of nitrogens with one attached hydrogen (secondary N) is 1. The Morgan fingerprint density at radius 3 is 2.70 bits per heavy atom. The van der Waals surface area contributed by atoms with Gasteiger partial charge in [-0.2, -0.15) is 5.10 Å². The average molecular weight is 471 g/mol. The molecule has 0 saturated carbocycles. The monoisotopic (exact) mass is 470 g/mol. The maximum absolute atomic E-state index is 12.5. The Morgan fingerprint density at radius 1 is 1.23 bits per heavy atom. The van der Waals surface area contributed by atoms with Gasteiger partial charge in [0.05, 0.1) is 29.5 Å². The molecule has 0 unspecified atom stereocenters. The number of hydrazone groups is 1. The molecule has 9 heteroatoms. The third-order valence-electron chi connectivity index (χ3n) is 4.54. The van der Waals surface area contributed by atoms with Crippen LogP contribution < -0.4 is 10.2 Å². The van der Waals surface area contributed by atoms with Gasteiger partial charge >= 0.3 is 0 Å². The first-order valence-electron chi connectivity index (χ1n) is 8.92. The number of methoxy groups -OCH3 is 1. The maximum atomic E-state index is 12.5. The highest BCUT2D eigenvalue weighted by molar-refractivity contribution is 9.10. The van der Waals surface area contributed by atoms with Crippen molar-refractivity contribution in [3.05, 3.63) is 85.6 Å². The van der Waals surface area contributed by atoms with E-state index in [9.17, 15) is 14.9 Å². The third-order valence-corrected chi connectivity index (χ3v) is 5.04. The van der Waals surface area contributed by atoms with Crippen molar-refractivity contribution >= 4 is 33.7 Å². The van der Waals surface area contributed by atoms with Crippen LogP contribution in [0.15, 0.2) is 58.1 Å². The summed E-state index contributed by atoms with van der Waals surface area (Å²) in [6, 6.07) is 13.4. The Balaban J connectivity index is 1.83. The molecule has 0 spiro atoms. The van der Waals surface area contributed by atoms with Gasteiger partial charge in [-0.25, -0.2) is 5.43 Å². The van der Waals surface area contributed by atoms with Crippen LogP contribution in [0.1, 0.15) is 27.3 Å². The van der Waals surface area contributed by atoms with Crippen molar-refractivity contribution in [2.45, 2.75) is 13.8 Å². The zero-order valence-corrected chi connectivity index (χ0v) is 18.1. The number of non-ortho nitro benzene ring substituents is 1. The zero-order valence-electron chi connectivity index (χ0n) is 16.5. The second-order valence-electron chi connectivity index (χ2n) is 6.48. The molecule has 1 aromatic heterocycles. The molecule has 3 rings (SSSR count). The molecule has 3 aromatic rings. The van der Waals surface area contributed by atoms with E-state index in [1.165, 1.54) is 19.2 Å². The lowest BCUT2D eigenvalue weighted by molar-refractivity contribution is -0.384. The molecule has 0 bridgehead atoms. The van der Waals surface area contributed by atoms with E-state index in [0.29, 0.717) is 17.0 Å². The van der Waals surface area contributed by atoms with Crippen molar-refractivity contribution in [2.75, 3.05) is 7.11 Å². The predicted octanol–water partition coefficient (Wildman–Crippen LogP) is 4.54. The number of nitro benzene ring substituents is 1. The third kappa shape index (κ3) is 4.41. The number of carbonyl (C=O) groups is 1. The Morgan fingerprint density at radius 2 is 2.00 bits per heavy atom. The normalized spacial score (nSPS) is 10.9. The number of nitrogens with zero attached hydrogens (tertiary/aromatic N) is 3. The molecule has 1 amide bonds. The summed E-state index contributed by atoms with van der Waals surface area (Å²) in [7, 11) is 1.49. The lowest BCUT2D eigenvalue weighted by Crippen LogP contribution is -2.18. The predicted molar refractivity (Wildman–Crippen MR) is 118 cm³/mol. The minimum absolute atomic E-state index is 0.0189. The van der Waals surface area contributed by atoms with E-state index >= 15 is 0 Å². The van der Waals surface area contributed by atoms with E-state index in [2.05, 4.69) is 26.5 Å². The Labute approximate surface area is 181 Å². The molecule has 0 aliphatic heterocycles. The smallest absolute Gasteiger partial charge is 0.275 e. The quantitative estimate of drug-likeness (QED) is 0.324. The van der Waals surface area contributed by atoms with E-state index in [4.69, 9.17) is 4.74 Å². The van der Waals surface area contributed by atoms with Crippen LogP contribution in [-0.2, 0) is 0 Å². The fraction of sp³-hybridized carbons (Fsp3) is 0.143. The molecule has 2 aromatic carbocycles. The Hall–Kier alpha value is -3.46. The first-order valence-corrected chi connectivity index (χ1v) is 9.72. The average Bonchev–Trinajstić information content (AvgIpc) is 3.01. The van der Waals surface area contributed by atoms with E-state index in [1.54, 1.807) is 36.5 Å². The lowest BCUT2D eigenvalue weighted by atomic mass is 10.2. The van der Waals surface area contributed by atoms with Crippen molar-refractivity contribution in [2.24, 2.45) is 5.10 Å². The van der Waals surface area contributed by atoms with Crippen LogP contribution in [0.25, 0.3) is 5.69 Å². The highest BCUT2D eigenvalue weighted by atomic mass is 79.9.